The Morgan fingerprint density at radius 3 is 2.44 bits per heavy atom. The van der Waals surface area contributed by atoms with Crippen LogP contribution in [-0.4, -0.2) is 31.5 Å². The molecule has 0 radical (unpaired) electrons. The molecule has 0 saturated heterocycles. The molecule has 88 valence electrons. The van der Waals surface area contributed by atoms with Crippen molar-refractivity contribution in [3.63, 3.8) is 0 Å². The molecule has 0 heterocycles. The van der Waals surface area contributed by atoms with Crippen LogP contribution in [0.4, 0.5) is 0 Å². The molecule has 0 atom stereocenters. The third-order valence-corrected chi connectivity index (χ3v) is 3.80. The molecule has 4 nitrogen and oxygen atoms in total. The van der Waals surface area contributed by atoms with Crippen LogP contribution in [0.3, 0.4) is 0 Å². The number of benzene rings is 1. The molecule has 0 unspecified atom stereocenters. The fourth-order valence-electron chi connectivity index (χ4n) is 1.18. The maximum absolute atomic E-state index is 12.0. The highest BCUT2D eigenvalue weighted by Gasteiger charge is 2.17. The van der Waals surface area contributed by atoms with E-state index < -0.39 is 10.0 Å². The molecular formula is C11H15NO3S. The topological polar surface area (TPSA) is 57.6 Å². The van der Waals surface area contributed by atoms with Crippen LogP contribution in [-0.2, 0) is 10.0 Å². The molecular weight excluding hydrogens is 226 g/mol. The quantitative estimate of drug-likeness (QED) is 0.861. The Morgan fingerprint density at radius 2 is 1.94 bits per heavy atom. The Bertz CT molecular complexity index is 465. The first kappa shape index (κ1) is 12.7. The maximum atomic E-state index is 12.0. The molecule has 0 bridgehead atoms. The third kappa shape index (κ3) is 2.84. The van der Waals surface area contributed by atoms with Crippen molar-refractivity contribution in [2.45, 2.75) is 11.8 Å². The molecule has 0 saturated carbocycles. The molecule has 0 spiro atoms. The van der Waals surface area contributed by atoms with Gasteiger partial charge in [0.15, 0.2) is 0 Å². The molecule has 5 heteroatoms. The minimum atomic E-state index is -3.50. The Labute approximate surface area is 95.9 Å². The summed E-state index contributed by atoms with van der Waals surface area (Å²) in [6.45, 7) is 1.51. The van der Waals surface area contributed by atoms with E-state index in [4.69, 9.17) is 5.11 Å². The number of aliphatic hydroxyl groups excluding tert-OH is 1. The summed E-state index contributed by atoms with van der Waals surface area (Å²) in [7, 11) is -2.05. The second kappa shape index (κ2) is 5.14. The van der Waals surface area contributed by atoms with Crippen molar-refractivity contribution in [3.8, 4) is 0 Å². The van der Waals surface area contributed by atoms with Crippen molar-refractivity contribution in [1.82, 2.24) is 4.31 Å². The second-order valence-electron chi connectivity index (χ2n) is 3.47. The highest BCUT2D eigenvalue weighted by molar-refractivity contribution is 7.89. The summed E-state index contributed by atoms with van der Waals surface area (Å²) in [5, 5.41) is 8.83. The lowest BCUT2D eigenvalue weighted by molar-refractivity contribution is 0.329. The van der Waals surface area contributed by atoms with E-state index in [1.165, 1.54) is 25.4 Å². The summed E-state index contributed by atoms with van der Waals surface area (Å²) in [5.41, 5.74) is 0.585. The Morgan fingerprint density at radius 1 is 1.38 bits per heavy atom. The Balaban J connectivity index is 3.05. The zero-order chi connectivity index (χ0) is 12.2. The molecule has 1 aromatic carbocycles. The van der Waals surface area contributed by atoms with Gasteiger partial charge in [0.25, 0.3) is 10.0 Å². The lowest BCUT2D eigenvalue weighted by Gasteiger charge is -2.15. The van der Waals surface area contributed by atoms with Gasteiger partial charge in [-0.2, -0.15) is 0 Å². The summed E-state index contributed by atoms with van der Waals surface area (Å²) < 4.78 is 25.1. The van der Waals surface area contributed by atoms with Crippen LogP contribution in [0, 0.1) is 0 Å². The van der Waals surface area contributed by atoms with Crippen LogP contribution >= 0.6 is 0 Å². The van der Waals surface area contributed by atoms with E-state index in [1.54, 1.807) is 25.1 Å². The van der Waals surface area contributed by atoms with E-state index in [0.717, 1.165) is 4.31 Å². The van der Waals surface area contributed by atoms with Crippen LogP contribution in [0.15, 0.2) is 47.0 Å². The van der Waals surface area contributed by atoms with Crippen molar-refractivity contribution in [2.24, 2.45) is 0 Å². The zero-order valence-corrected chi connectivity index (χ0v) is 10.1. The Kier molecular flexibility index (Phi) is 4.09. The van der Waals surface area contributed by atoms with Crippen molar-refractivity contribution in [2.75, 3.05) is 13.7 Å². The van der Waals surface area contributed by atoms with E-state index >= 15 is 0 Å². The minimum Gasteiger partial charge on any atom is -0.392 e. The van der Waals surface area contributed by atoms with Gasteiger partial charge in [-0.05, 0) is 24.6 Å². The molecule has 0 aliphatic rings. The molecule has 1 rings (SSSR count). The molecule has 16 heavy (non-hydrogen) atoms. The second-order valence-corrected chi connectivity index (χ2v) is 5.47. The van der Waals surface area contributed by atoms with E-state index in [2.05, 4.69) is 0 Å². The first-order chi connectivity index (χ1) is 7.48. The SMILES string of the molecule is CC(=CN(C)S(=O)(=O)c1ccccc1)CO. The molecule has 0 amide bonds. The zero-order valence-electron chi connectivity index (χ0n) is 9.29. The summed E-state index contributed by atoms with van der Waals surface area (Å²) >= 11 is 0. The number of hydrogen-bond acceptors (Lipinski definition) is 3. The molecule has 1 aromatic rings. The van der Waals surface area contributed by atoms with Gasteiger partial charge in [-0.25, -0.2) is 8.42 Å². The smallest absolute Gasteiger partial charge is 0.263 e. The summed E-state index contributed by atoms with van der Waals surface area (Å²) in [6.07, 6.45) is 1.41. The minimum absolute atomic E-state index is 0.158. The fourth-order valence-corrected chi connectivity index (χ4v) is 2.33. The maximum Gasteiger partial charge on any atom is 0.263 e. The lowest BCUT2D eigenvalue weighted by atomic mass is 10.4. The monoisotopic (exact) mass is 241 g/mol. The van der Waals surface area contributed by atoms with Gasteiger partial charge in [0, 0.05) is 13.2 Å². The molecule has 1 N–H and O–H groups in total. The fraction of sp³-hybridized carbons (Fsp3) is 0.273. The number of hydrogen-bond donors (Lipinski definition) is 1. The summed E-state index contributed by atoms with van der Waals surface area (Å²) in [4.78, 5) is 0.236. The first-order valence-electron chi connectivity index (χ1n) is 4.79. The van der Waals surface area contributed by atoms with Gasteiger partial charge in [-0.15, -0.1) is 0 Å². The van der Waals surface area contributed by atoms with Crippen molar-refractivity contribution >= 4 is 10.0 Å². The average Bonchev–Trinajstić information content (AvgIpc) is 2.29. The van der Waals surface area contributed by atoms with Gasteiger partial charge in [0.2, 0.25) is 0 Å². The average molecular weight is 241 g/mol. The number of rotatable bonds is 4. The Hall–Kier alpha value is -1.33. The van der Waals surface area contributed by atoms with Crippen molar-refractivity contribution in [1.29, 1.82) is 0 Å². The van der Waals surface area contributed by atoms with Gasteiger partial charge in [-0.1, -0.05) is 18.2 Å². The van der Waals surface area contributed by atoms with Gasteiger partial charge in [-0.3, -0.25) is 4.31 Å². The van der Waals surface area contributed by atoms with Crippen LogP contribution in [0.2, 0.25) is 0 Å². The van der Waals surface area contributed by atoms with Gasteiger partial charge < -0.3 is 5.11 Å². The number of sulfonamides is 1. The van der Waals surface area contributed by atoms with Gasteiger partial charge >= 0.3 is 0 Å². The standard InChI is InChI=1S/C11H15NO3S/c1-10(9-13)8-12(2)16(14,15)11-6-4-3-5-7-11/h3-8,13H,9H2,1-2H3. The number of aliphatic hydroxyl groups is 1. The van der Waals surface area contributed by atoms with Crippen LogP contribution < -0.4 is 0 Å². The molecule has 0 aliphatic carbocycles. The molecule has 0 fully saturated rings. The van der Waals surface area contributed by atoms with E-state index in [-0.39, 0.29) is 11.5 Å². The third-order valence-electron chi connectivity index (χ3n) is 2.07. The van der Waals surface area contributed by atoms with Crippen LogP contribution in [0.25, 0.3) is 0 Å². The summed E-state index contributed by atoms with van der Waals surface area (Å²) in [5.74, 6) is 0. The normalized spacial score (nSPS) is 12.6. The largest absolute Gasteiger partial charge is 0.392 e. The van der Waals surface area contributed by atoms with Crippen molar-refractivity contribution in [3.05, 3.63) is 42.1 Å². The van der Waals surface area contributed by atoms with Crippen LogP contribution in [0.1, 0.15) is 6.92 Å². The van der Waals surface area contributed by atoms with Gasteiger partial charge in [0.05, 0.1) is 11.5 Å². The predicted octanol–water partition coefficient (Wildman–Crippen LogP) is 1.20. The highest BCUT2D eigenvalue weighted by atomic mass is 32.2. The van der Waals surface area contributed by atoms with Crippen LogP contribution in [0.5, 0.6) is 0 Å². The van der Waals surface area contributed by atoms with E-state index in [9.17, 15) is 8.42 Å². The van der Waals surface area contributed by atoms with Crippen molar-refractivity contribution < 1.29 is 13.5 Å². The predicted molar refractivity (Wildman–Crippen MR) is 62.2 cm³/mol. The molecule has 0 aliphatic heterocycles. The number of nitrogens with zero attached hydrogens (tertiary/aromatic N) is 1. The molecule has 0 aromatic heterocycles. The first-order valence-corrected chi connectivity index (χ1v) is 6.23. The van der Waals surface area contributed by atoms with Gasteiger partial charge in [0.1, 0.15) is 0 Å². The summed E-state index contributed by atoms with van der Waals surface area (Å²) in [6, 6.07) is 8.17. The highest BCUT2D eigenvalue weighted by Crippen LogP contribution is 2.14. The lowest BCUT2D eigenvalue weighted by Crippen LogP contribution is -2.22. The van der Waals surface area contributed by atoms with E-state index in [1.807, 2.05) is 0 Å². The van der Waals surface area contributed by atoms with E-state index in [0.29, 0.717) is 5.57 Å².